The zero-order valence-electron chi connectivity index (χ0n) is 17.1. The van der Waals surface area contributed by atoms with Gasteiger partial charge < -0.3 is 9.64 Å². The molecular weight excluding hydrogens is 475 g/mol. The third-order valence-corrected chi connectivity index (χ3v) is 6.48. The highest BCUT2D eigenvalue weighted by Gasteiger charge is 2.20. The zero-order valence-corrected chi connectivity index (χ0v) is 19.5. The molecule has 0 radical (unpaired) electrons. The van der Waals surface area contributed by atoms with Gasteiger partial charge >= 0.3 is 0 Å². The van der Waals surface area contributed by atoms with E-state index in [-0.39, 0.29) is 5.82 Å². The van der Waals surface area contributed by atoms with Crippen molar-refractivity contribution < 1.29 is 9.13 Å². The smallest absolute Gasteiger partial charge is 0.134 e. The predicted molar refractivity (Wildman–Crippen MR) is 130 cm³/mol. The molecule has 0 N–H and O–H groups in total. The summed E-state index contributed by atoms with van der Waals surface area (Å²) in [5.41, 5.74) is 3.13. The van der Waals surface area contributed by atoms with E-state index in [4.69, 9.17) is 17.0 Å². The van der Waals surface area contributed by atoms with Crippen LogP contribution in [0.25, 0.3) is 0 Å². The summed E-state index contributed by atoms with van der Waals surface area (Å²) in [6, 6.07) is 22.9. The SMILES string of the molecule is Fc1cccc(COc2ccc(C(=S)N3CCN(Cc4ccccc4)CC3)cc2Br)c1. The second-order valence-electron chi connectivity index (χ2n) is 7.62. The molecule has 1 saturated heterocycles. The van der Waals surface area contributed by atoms with E-state index in [1.807, 2.05) is 24.3 Å². The maximum absolute atomic E-state index is 13.3. The number of hydrogen-bond acceptors (Lipinski definition) is 3. The summed E-state index contributed by atoms with van der Waals surface area (Å²) in [5, 5.41) is 0. The summed E-state index contributed by atoms with van der Waals surface area (Å²) in [7, 11) is 0. The van der Waals surface area contributed by atoms with Gasteiger partial charge in [-0.05, 0) is 57.4 Å². The Morgan fingerprint density at radius 2 is 1.65 bits per heavy atom. The Morgan fingerprint density at radius 1 is 0.903 bits per heavy atom. The molecule has 0 atom stereocenters. The minimum absolute atomic E-state index is 0.260. The summed E-state index contributed by atoms with van der Waals surface area (Å²) >= 11 is 9.36. The van der Waals surface area contributed by atoms with Gasteiger partial charge in [0.05, 0.1) is 4.47 Å². The van der Waals surface area contributed by atoms with Crippen LogP contribution in [0.5, 0.6) is 5.75 Å². The molecule has 4 rings (SSSR count). The molecule has 1 aliphatic heterocycles. The fourth-order valence-electron chi connectivity index (χ4n) is 3.67. The molecule has 0 aromatic heterocycles. The fourth-order valence-corrected chi connectivity index (χ4v) is 4.47. The second-order valence-corrected chi connectivity index (χ2v) is 8.86. The molecule has 6 heteroatoms. The first-order valence-corrected chi connectivity index (χ1v) is 11.5. The number of ether oxygens (including phenoxy) is 1. The normalized spacial score (nSPS) is 14.5. The average Bonchev–Trinajstić information content (AvgIpc) is 2.79. The Labute approximate surface area is 196 Å². The minimum Gasteiger partial charge on any atom is -0.488 e. The molecule has 1 fully saturated rings. The first-order chi connectivity index (χ1) is 15.1. The highest BCUT2D eigenvalue weighted by Crippen LogP contribution is 2.28. The topological polar surface area (TPSA) is 15.7 Å². The quantitative estimate of drug-likeness (QED) is 0.407. The number of hydrogen-bond donors (Lipinski definition) is 0. The first kappa shape index (κ1) is 21.9. The van der Waals surface area contributed by atoms with Crippen molar-refractivity contribution in [3.05, 3.63) is 99.8 Å². The summed E-state index contributed by atoms with van der Waals surface area (Å²) in [4.78, 5) is 5.59. The van der Waals surface area contributed by atoms with Crippen molar-refractivity contribution in [1.29, 1.82) is 0 Å². The molecule has 0 bridgehead atoms. The van der Waals surface area contributed by atoms with Gasteiger partial charge in [0.2, 0.25) is 0 Å². The van der Waals surface area contributed by atoms with Crippen molar-refractivity contribution in [2.75, 3.05) is 26.2 Å². The number of rotatable bonds is 6. The van der Waals surface area contributed by atoms with Gasteiger partial charge in [-0.15, -0.1) is 0 Å². The van der Waals surface area contributed by atoms with Crippen LogP contribution in [0.15, 0.2) is 77.3 Å². The molecule has 0 spiro atoms. The van der Waals surface area contributed by atoms with E-state index < -0.39 is 0 Å². The lowest BCUT2D eigenvalue weighted by Crippen LogP contribution is -2.48. The molecule has 1 aliphatic rings. The summed E-state index contributed by atoms with van der Waals surface area (Å²) < 4.78 is 20.0. The lowest BCUT2D eigenvalue weighted by Gasteiger charge is -2.36. The van der Waals surface area contributed by atoms with Crippen molar-refractivity contribution in [3.8, 4) is 5.75 Å². The Kier molecular flexibility index (Phi) is 7.33. The van der Waals surface area contributed by atoms with Crippen molar-refractivity contribution in [1.82, 2.24) is 9.80 Å². The third-order valence-electron chi connectivity index (χ3n) is 5.37. The van der Waals surface area contributed by atoms with Crippen LogP contribution in [0.3, 0.4) is 0 Å². The number of piperazine rings is 1. The van der Waals surface area contributed by atoms with E-state index in [0.29, 0.717) is 12.4 Å². The number of nitrogens with zero attached hydrogens (tertiary/aromatic N) is 2. The highest BCUT2D eigenvalue weighted by atomic mass is 79.9. The predicted octanol–water partition coefficient (Wildman–Crippen LogP) is 5.66. The highest BCUT2D eigenvalue weighted by molar-refractivity contribution is 9.10. The molecule has 1 heterocycles. The van der Waals surface area contributed by atoms with Gasteiger partial charge in [0.25, 0.3) is 0 Å². The van der Waals surface area contributed by atoms with E-state index in [9.17, 15) is 4.39 Å². The maximum atomic E-state index is 13.3. The van der Waals surface area contributed by atoms with Gasteiger partial charge in [0.1, 0.15) is 23.2 Å². The van der Waals surface area contributed by atoms with Crippen LogP contribution in [-0.4, -0.2) is 41.0 Å². The van der Waals surface area contributed by atoms with Gasteiger partial charge in [-0.2, -0.15) is 0 Å². The molecule has 3 nitrogen and oxygen atoms in total. The van der Waals surface area contributed by atoms with E-state index >= 15 is 0 Å². The summed E-state index contributed by atoms with van der Waals surface area (Å²) in [5.74, 6) is 0.452. The van der Waals surface area contributed by atoms with Crippen LogP contribution in [-0.2, 0) is 13.2 Å². The van der Waals surface area contributed by atoms with E-state index in [2.05, 4.69) is 56.1 Å². The van der Waals surface area contributed by atoms with Gasteiger partial charge in [-0.25, -0.2) is 4.39 Å². The first-order valence-electron chi connectivity index (χ1n) is 10.3. The van der Waals surface area contributed by atoms with Crippen LogP contribution >= 0.6 is 28.1 Å². The minimum atomic E-state index is -0.260. The van der Waals surface area contributed by atoms with Gasteiger partial charge in [-0.3, -0.25) is 4.90 Å². The summed E-state index contributed by atoms with van der Waals surface area (Å²) in [6.07, 6.45) is 0. The molecule has 0 unspecified atom stereocenters. The Morgan fingerprint density at radius 3 is 2.35 bits per heavy atom. The Bertz CT molecular complexity index is 1040. The van der Waals surface area contributed by atoms with Crippen molar-refractivity contribution in [2.45, 2.75) is 13.2 Å². The number of thiocarbonyl (C=S) groups is 1. The van der Waals surface area contributed by atoms with E-state index in [1.54, 1.807) is 6.07 Å². The standard InChI is InChI=1S/C25H24BrFN2OS/c26-23-16-21(9-10-24(23)30-18-20-7-4-8-22(27)15-20)25(31)29-13-11-28(12-14-29)17-19-5-2-1-3-6-19/h1-10,15-16H,11-14,17-18H2. The molecule has 3 aromatic rings. The molecular formula is C25H24BrFN2OS. The van der Waals surface area contributed by atoms with Gasteiger partial charge in [-0.1, -0.05) is 54.7 Å². The van der Waals surface area contributed by atoms with Crippen molar-refractivity contribution in [2.24, 2.45) is 0 Å². The molecule has 160 valence electrons. The zero-order chi connectivity index (χ0) is 21.6. The van der Waals surface area contributed by atoms with Crippen molar-refractivity contribution >= 4 is 33.1 Å². The summed E-state index contributed by atoms with van der Waals surface area (Å²) in [6.45, 7) is 5.10. The van der Waals surface area contributed by atoms with E-state index in [0.717, 1.165) is 53.3 Å². The fraction of sp³-hybridized carbons (Fsp3) is 0.240. The largest absolute Gasteiger partial charge is 0.488 e. The monoisotopic (exact) mass is 498 g/mol. The number of benzene rings is 3. The molecule has 0 aliphatic carbocycles. The van der Waals surface area contributed by atoms with Crippen LogP contribution < -0.4 is 4.74 Å². The molecule has 31 heavy (non-hydrogen) atoms. The lowest BCUT2D eigenvalue weighted by molar-refractivity contribution is 0.177. The van der Waals surface area contributed by atoms with Crippen molar-refractivity contribution in [3.63, 3.8) is 0 Å². The Hall–Kier alpha value is -2.28. The lowest BCUT2D eigenvalue weighted by atomic mass is 10.1. The second kappa shape index (κ2) is 10.4. The Balaban J connectivity index is 1.32. The van der Waals surface area contributed by atoms with Crippen LogP contribution in [0.4, 0.5) is 4.39 Å². The average molecular weight is 499 g/mol. The van der Waals surface area contributed by atoms with Gasteiger partial charge in [0, 0.05) is 38.3 Å². The van der Waals surface area contributed by atoms with Crippen LogP contribution in [0.2, 0.25) is 0 Å². The van der Waals surface area contributed by atoms with Crippen LogP contribution in [0, 0.1) is 5.82 Å². The van der Waals surface area contributed by atoms with Crippen LogP contribution in [0.1, 0.15) is 16.7 Å². The third kappa shape index (κ3) is 5.91. The molecule has 0 saturated carbocycles. The molecule has 3 aromatic carbocycles. The maximum Gasteiger partial charge on any atom is 0.134 e. The van der Waals surface area contributed by atoms with Gasteiger partial charge in [0.15, 0.2) is 0 Å². The molecule has 0 amide bonds. The number of halogens is 2. The van der Waals surface area contributed by atoms with E-state index in [1.165, 1.54) is 17.7 Å².